The van der Waals surface area contributed by atoms with Crippen LogP contribution in [-0.2, 0) is 6.54 Å². The van der Waals surface area contributed by atoms with Crippen LogP contribution in [-0.4, -0.2) is 50.7 Å². The molecular weight excluding hydrogens is 381 g/mol. The number of amides is 1. The number of nitrogens with zero attached hydrogens (tertiary/aromatic N) is 3. The third-order valence-electron chi connectivity index (χ3n) is 4.67. The van der Waals surface area contributed by atoms with Crippen LogP contribution >= 0.6 is 12.2 Å². The molecule has 28 heavy (non-hydrogen) atoms. The average Bonchev–Trinajstić information content (AvgIpc) is 2.72. The van der Waals surface area contributed by atoms with E-state index in [1.807, 2.05) is 17.1 Å². The molecule has 1 amide bonds. The molecule has 0 atom stereocenters. The summed E-state index contributed by atoms with van der Waals surface area (Å²) in [4.78, 5) is 16.9. The number of pyridine rings is 1. The number of thiocarbonyl (C=S) groups is 1. The first-order chi connectivity index (χ1) is 13.6. The number of rotatable bonds is 7. The van der Waals surface area contributed by atoms with Crippen molar-refractivity contribution in [3.63, 3.8) is 0 Å². The van der Waals surface area contributed by atoms with Gasteiger partial charge in [-0.2, -0.15) is 0 Å². The van der Waals surface area contributed by atoms with E-state index in [4.69, 9.17) is 17.3 Å². The Morgan fingerprint density at radius 3 is 2.68 bits per heavy atom. The minimum atomic E-state index is -0.889. The normalized spacial score (nSPS) is 14.4. The first-order valence-electron chi connectivity index (χ1n) is 8.98. The van der Waals surface area contributed by atoms with Crippen molar-refractivity contribution in [2.45, 2.75) is 25.4 Å². The molecule has 0 unspecified atom stereocenters. The van der Waals surface area contributed by atoms with Gasteiger partial charge >= 0.3 is 6.09 Å². The highest BCUT2D eigenvalue weighted by Crippen LogP contribution is 2.22. The summed E-state index contributed by atoms with van der Waals surface area (Å²) in [5, 5.41) is 14.2. The van der Waals surface area contributed by atoms with Crippen molar-refractivity contribution in [2.24, 2.45) is 0 Å². The third kappa shape index (κ3) is 5.07. The molecule has 148 valence electrons. The number of hydrogen-bond donors (Lipinski definition) is 3. The zero-order valence-corrected chi connectivity index (χ0v) is 16.0. The molecule has 0 saturated carbocycles. The number of aromatic nitrogens is 1. The molecule has 2 heterocycles. The molecule has 1 saturated heterocycles. The van der Waals surface area contributed by atoms with E-state index in [-0.39, 0.29) is 11.9 Å². The lowest BCUT2D eigenvalue weighted by Crippen LogP contribution is -2.47. The number of hydrogen-bond acceptors (Lipinski definition) is 5. The molecule has 1 aromatic heterocycles. The summed E-state index contributed by atoms with van der Waals surface area (Å²) in [6, 6.07) is 10.1. The van der Waals surface area contributed by atoms with Crippen LogP contribution in [0.25, 0.3) is 0 Å². The molecule has 0 radical (unpaired) electrons. The third-order valence-corrected chi connectivity index (χ3v) is 4.90. The van der Waals surface area contributed by atoms with Crippen LogP contribution in [0.1, 0.15) is 18.4 Å². The maximum atomic E-state index is 13.0. The van der Waals surface area contributed by atoms with Gasteiger partial charge in [0.15, 0.2) is 5.82 Å². The van der Waals surface area contributed by atoms with Gasteiger partial charge in [0.25, 0.3) is 0 Å². The van der Waals surface area contributed by atoms with Crippen molar-refractivity contribution in [1.29, 1.82) is 0 Å². The average molecular weight is 403 g/mol. The van der Waals surface area contributed by atoms with Gasteiger partial charge in [0.1, 0.15) is 5.82 Å². The van der Waals surface area contributed by atoms with E-state index in [0.717, 1.165) is 11.3 Å². The van der Waals surface area contributed by atoms with E-state index in [2.05, 4.69) is 15.7 Å². The largest absolute Gasteiger partial charge is 0.465 e. The fourth-order valence-electron chi connectivity index (χ4n) is 3.10. The predicted octanol–water partition coefficient (Wildman–Crippen LogP) is 3.56. The number of halogens is 1. The van der Waals surface area contributed by atoms with Gasteiger partial charge in [-0.05, 0) is 42.7 Å². The summed E-state index contributed by atoms with van der Waals surface area (Å²) in [5.41, 5.74) is 6.51. The van der Waals surface area contributed by atoms with Gasteiger partial charge in [0.2, 0.25) is 0 Å². The first-order valence-corrected chi connectivity index (χ1v) is 9.45. The monoisotopic (exact) mass is 403 g/mol. The second-order valence-corrected chi connectivity index (χ2v) is 6.72. The number of carbonyl (C=O) groups is 1. The lowest BCUT2D eigenvalue weighted by atomic mass is 10.1. The Hall–Kier alpha value is -2.94. The van der Waals surface area contributed by atoms with E-state index in [9.17, 15) is 9.18 Å². The van der Waals surface area contributed by atoms with E-state index in [0.29, 0.717) is 38.3 Å². The molecule has 0 spiro atoms. The van der Waals surface area contributed by atoms with Gasteiger partial charge in [0, 0.05) is 25.8 Å². The van der Waals surface area contributed by atoms with Gasteiger partial charge < -0.3 is 15.3 Å². The van der Waals surface area contributed by atoms with Crippen molar-refractivity contribution < 1.29 is 14.3 Å². The first kappa shape index (κ1) is 19.8. The van der Waals surface area contributed by atoms with Crippen molar-refractivity contribution in [3.8, 4) is 0 Å². The minimum absolute atomic E-state index is 0.0956. The van der Waals surface area contributed by atoms with Crippen LogP contribution < -0.4 is 10.7 Å². The highest BCUT2D eigenvalue weighted by atomic mass is 32.1. The van der Waals surface area contributed by atoms with E-state index >= 15 is 0 Å². The lowest BCUT2D eigenvalue weighted by Gasteiger charge is -2.37. The molecule has 1 aromatic carbocycles. The molecule has 7 nitrogen and oxygen atoms in total. The zero-order valence-electron chi connectivity index (χ0n) is 15.2. The van der Waals surface area contributed by atoms with E-state index < -0.39 is 6.09 Å². The van der Waals surface area contributed by atoms with Crippen LogP contribution in [0.3, 0.4) is 0 Å². The quantitative estimate of drug-likeness (QED) is 0.482. The molecule has 0 aliphatic carbocycles. The van der Waals surface area contributed by atoms with Gasteiger partial charge in [-0.1, -0.05) is 24.4 Å². The summed E-state index contributed by atoms with van der Waals surface area (Å²) >= 11 is 5.16. The van der Waals surface area contributed by atoms with Gasteiger partial charge in [-0.3, -0.25) is 10.4 Å². The molecule has 0 bridgehead atoms. The topological polar surface area (TPSA) is 80.7 Å². The van der Waals surface area contributed by atoms with Gasteiger partial charge in [-0.15, -0.1) is 0 Å². The molecule has 3 rings (SSSR count). The second-order valence-electron chi connectivity index (χ2n) is 6.50. The highest BCUT2D eigenvalue weighted by molar-refractivity contribution is 7.78. The van der Waals surface area contributed by atoms with Crippen molar-refractivity contribution >= 4 is 35.3 Å². The number of carboxylic acid groups (broad SMARTS) is 1. The van der Waals surface area contributed by atoms with Crippen LogP contribution in [0.2, 0.25) is 0 Å². The van der Waals surface area contributed by atoms with Gasteiger partial charge in [0.05, 0.1) is 17.2 Å². The Bertz CT molecular complexity index is 812. The van der Waals surface area contributed by atoms with Gasteiger partial charge in [-0.25, -0.2) is 14.2 Å². The van der Waals surface area contributed by atoms with E-state index in [1.165, 1.54) is 22.5 Å². The fourth-order valence-corrected chi connectivity index (χ4v) is 3.33. The highest BCUT2D eigenvalue weighted by Gasteiger charge is 2.26. The Balaban J connectivity index is 1.63. The fraction of sp³-hybridized carbons (Fsp3) is 0.316. The summed E-state index contributed by atoms with van der Waals surface area (Å²) in [7, 11) is 0. The maximum Gasteiger partial charge on any atom is 0.407 e. The van der Waals surface area contributed by atoms with Crippen molar-refractivity contribution in [2.75, 3.05) is 23.8 Å². The Morgan fingerprint density at radius 2 is 2.04 bits per heavy atom. The number of benzene rings is 1. The smallest absolute Gasteiger partial charge is 0.407 e. The molecule has 1 fully saturated rings. The lowest BCUT2D eigenvalue weighted by molar-refractivity contribution is 0.121. The summed E-state index contributed by atoms with van der Waals surface area (Å²) < 4.78 is 13.0. The molecule has 1 aliphatic heterocycles. The zero-order chi connectivity index (χ0) is 19.9. The summed E-state index contributed by atoms with van der Waals surface area (Å²) in [6.45, 7) is 1.45. The summed E-state index contributed by atoms with van der Waals surface area (Å²) in [6.07, 6.45) is 2.17. The number of piperidine rings is 1. The molecule has 3 N–H and O–H groups in total. The number of likely N-dealkylation sites (tertiary alicyclic amines) is 1. The minimum Gasteiger partial charge on any atom is -0.465 e. The van der Waals surface area contributed by atoms with Crippen molar-refractivity contribution in [3.05, 3.63) is 54.0 Å². The van der Waals surface area contributed by atoms with Crippen LogP contribution in [0.15, 0.2) is 42.6 Å². The SMILES string of the molecule is O=C(O)N1CCC(N(C=S)Nc2cccnc2NCc2ccc(F)cc2)CC1. The van der Waals surface area contributed by atoms with Crippen LogP contribution in [0, 0.1) is 5.82 Å². The number of hydrazine groups is 1. The number of anilines is 2. The number of nitrogens with one attached hydrogen (secondary N) is 2. The Morgan fingerprint density at radius 1 is 1.32 bits per heavy atom. The van der Waals surface area contributed by atoms with Crippen LogP contribution in [0.4, 0.5) is 20.7 Å². The molecular formula is C19H22FN5O2S. The standard InChI is InChI=1S/C19H22FN5O2S/c20-15-5-3-14(4-6-15)12-22-18-17(2-1-9-21-18)23-25(13-28)16-7-10-24(11-8-16)19(26)27/h1-6,9,13,16,23H,7-8,10-12H2,(H,21,22)(H,26,27). The second kappa shape index (κ2) is 9.32. The summed E-state index contributed by atoms with van der Waals surface area (Å²) in [5.74, 6) is 0.381. The predicted molar refractivity (Wildman–Crippen MR) is 110 cm³/mol. The van der Waals surface area contributed by atoms with E-state index in [1.54, 1.807) is 18.3 Å². The van der Waals surface area contributed by atoms with Crippen molar-refractivity contribution in [1.82, 2.24) is 14.9 Å². The Kier molecular flexibility index (Phi) is 6.59. The Labute approximate surface area is 168 Å². The maximum absolute atomic E-state index is 13.0. The van der Waals surface area contributed by atoms with Crippen LogP contribution in [0.5, 0.6) is 0 Å². The molecule has 1 aliphatic rings. The molecule has 9 heteroatoms. The molecule has 2 aromatic rings.